The van der Waals surface area contributed by atoms with Gasteiger partial charge in [-0.05, 0) is 38.8 Å². The second-order valence-electron chi connectivity index (χ2n) is 4.67. The Labute approximate surface area is 91.4 Å². The van der Waals surface area contributed by atoms with Crippen molar-refractivity contribution in [3.8, 4) is 0 Å². The van der Waals surface area contributed by atoms with Crippen LogP contribution in [-0.2, 0) is 4.79 Å². The van der Waals surface area contributed by atoms with Crippen molar-refractivity contribution in [3.05, 3.63) is 0 Å². The lowest BCUT2D eigenvalue weighted by molar-refractivity contribution is -0.135. The van der Waals surface area contributed by atoms with Crippen molar-refractivity contribution < 1.29 is 4.79 Å². The van der Waals surface area contributed by atoms with Crippen LogP contribution in [0.25, 0.3) is 0 Å². The molecule has 0 radical (unpaired) electrons. The van der Waals surface area contributed by atoms with E-state index in [9.17, 15) is 4.79 Å². The first-order valence-corrected chi connectivity index (χ1v) is 6.00. The van der Waals surface area contributed by atoms with Crippen LogP contribution in [-0.4, -0.2) is 49.6 Å². The van der Waals surface area contributed by atoms with Crippen molar-refractivity contribution in [1.29, 1.82) is 0 Å². The number of rotatable bonds is 2. The Bertz CT molecular complexity index is 226. The van der Waals surface area contributed by atoms with E-state index in [2.05, 4.69) is 10.6 Å². The molecule has 2 aliphatic heterocycles. The Hall–Kier alpha value is -0.610. The molecule has 0 aromatic rings. The predicted molar refractivity (Wildman–Crippen MR) is 59.6 cm³/mol. The zero-order valence-electron chi connectivity index (χ0n) is 9.46. The Morgan fingerprint density at radius 1 is 1.47 bits per heavy atom. The maximum atomic E-state index is 11.8. The summed E-state index contributed by atoms with van der Waals surface area (Å²) < 4.78 is 0. The van der Waals surface area contributed by atoms with Gasteiger partial charge in [-0.3, -0.25) is 4.79 Å². The van der Waals surface area contributed by atoms with E-state index in [1.165, 1.54) is 12.8 Å². The van der Waals surface area contributed by atoms with Gasteiger partial charge in [0.1, 0.15) is 0 Å². The van der Waals surface area contributed by atoms with E-state index in [-0.39, 0.29) is 11.9 Å². The van der Waals surface area contributed by atoms with Crippen molar-refractivity contribution in [3.63, 3.8) is 0 Å². The number of piperazine rings is 1. The molecule has 1 amide bonds. The van der Waals surface area contributed by atoms with E-state index in [4.69, 9.17) is 0 Å². The molecule has 0 saturated carbocycles. The fourth-order valence-electron chi connectivity index (χ4n) is 2.46. The van der Waals surface area contributed by atoms with Crippen molar-refractivity contribution in [2.75, 3.05) is 32.7 Å². The third kappa shape index (κ3) is 2.69. The SMILES string of the molecule is CC1NCCN(CC2CCCNC2)C1=O. The molecule has 2 saturated heterocycles. The molecule has 2 unspecified atom stereocenters. The molecule has 2 fully saturated rings. The van der Waals surface area contributed by atoms with Crippen LogP contribution < -0.4 is 10.6 Å². The summed E-state index contributed by atoms with van der Waals surface area (Å²) in [6.07, 6.45) is 2.51. The quantitative estimate of drug-likeness (QED) is 0.665. The maximum Gasteiger partial charge on any atom is 0.239 e. The molecule has 0 bridgehead atoms. The summed E-state index contributed by atoms with van der Waals surface area (Å²) in [6.45, 7) is 6.92. The smallest absolute Gasteiger partial charge is 0.239 e. The normalized spacial score (nSPS) is 33.1. The number of carbonyl (C=O) groups is 1. The number of piperidine rings is 1. The largest absolute Gasteiger partial charge is 0.340 e. The lowest BCUT2D eigenvalue weighted by Gasteiger charge is -2.35. The number of hydrogen-bond donors (Lipinski definition) is 2. The summed E-state index contributed by atoms with van der Waals surface area (Å²) in [6, 6.07) is 0.00954. The average Bonchev–Trinajstić information content (AvgIpc) is 2.26. The van der Waals surface area contributed by atoms with E-state index in [1.54, 1.807) is 0 Å². The fraction of sp³-hybridized carbons (Fsp3) is 0.909. The van der Waals surface area contributed by atoms with Crippen LogP contribution in [0, 0.1) is 5.92 Å². The molecular formula is C11H21N3O. The zero-order valence-corrected chi connectivity index (χ0v) is 9.46. The van der Waals surface area contributed by atoms with Gasteiger partial charge < -0.3 is 15.5 Å². The lowest BCUT2D eigenvalue weighted by Crippen LogP contribution is -2.55. The molecule has 4 heteroatoms. The summed E-state index contributed by atoms with van der Waals surface area (Å²) >= 11 is 0. The van der Waals surface area contributed by atoms with Crippen LogP contribution in [0.4, 0.5) is 0 Å². The van der Waals surface area contributed by atoms with Gasteiger partial charge >= 0.3 is 0 Å². The Morgan fingerprint density at radius 2 is 2.33 bits per heavy atom. The van der Waals surface area contributed by atoms with Crippen LogP contribution in [0.5, 0.6) is 0 Å². The van der Waals surface area contributed by atoms with Crippen LogP contribution in [0.15, 0.2) is 0 Å². The minimum Gasteiger partial charge on any atom is -0.340 e. The van der Waals surface area contributed by atoms with E-state index in [0.29, 0.717) is 5.92 Å². The van der Waals surface area contributed by atoms with Crippen molar-refractivity contribution in [2.45, 2.75) is 25.8 Å². The first-order chi connectivity index (χ1) is 7.27. The molecule has 0 aliphatic carbocycles. The van der Waals surface area contributed by atoms with Gasteiger partial charge in [0, 0.05) is 19.6 Å². The molecule has 0 spiro atoms. The molecule has 2 aliphatic rings. The maximum absolute atomic E-state index is 11.8. The topological polar surface area (TPSA) is 44.4 Å². The lowest BCUT2D eigenvalue weighted by atomic mass is 9.98. The second kappa shape index (κ2) is 4.94. The highest BCUT2D eigenvalue weighted by atomic mass is 16.2. The Morgan fingerprint density at radius 3 is 3.07 bits per heavy atom. The van der Waals surface area contributed by atoms with Crippen molar-refractivity contribution >= 4 is 5.91 Å². The van der Waals surface area contributed by atoms with Crippen LogP contribution >= 0.6 is 0 Å². The van der Waals surface area contributed by atoms with E-state index in [1.807, 2.05) is 11.8 Å². The van der Waals surface area contributed by atoms with Gasteiger partial charge in [-0.2, -0.15) is 0 Å². The third-order valence-corrected chi connectivity index (χ3v) is 3.39. The summed E-state index contributed by atoms with van der Waals surface area (Å²) in [4.78, 5) is 13.9. The highest BCUT2D eigenvalue weighted by Crippen LogP contribution is 2.13. The van der Waals surface area contributed by atoms with Gasteiger partial charge in [-0.15, -0.1) is 0 Å². The molecule has 2 rings (SSSR count). The van der Waals surface area contributed by atoms with Gasteiger partial charge in [-0.1, -0.05) is 0 Å². The molecule has 2 atom stereocenters. The fourth-order valence-corrected chi connectivity index (χ4v) is 2.46. The molecule has 4 nitrogen and oxygen atoms in total. The summed E-state index contributed by atoms with van der Waals surface area (Å²) in [5.41, 5.74) is 0. The van der Waals surface area contributed by atoms with Gasteiger partial charge in [0.25, 0.3) is 0 Å². The Kier molecular flexibility index (Phi) is 3.59. The summed E-state index contributed by atoms with van der Waals surface area (Å²) in [7, 11) is 0. The number of hydrogen-bond acceptors (Lipinski definition) is 3. The third-order valence-electron chi connectivity index (χ3n) is 3.39. The summed E-state index contributed by atoms with van der Waals surface area (Å²) in [5.74, 6) is 0.930. The zero-order chi connectivity index (χ0) is 10.7. The molecule has 2 heterocycles. The van der Waals surface area contributed by atoms with Crippen molar-refractivity contribution in [1.82, 2.24) is 15.5 Å². The first-order valence-electron chi connectivity index (χ1n) is 6.00. The minimum atomic E-state index is 0.00954. The molecule has 2 N–H and O–H groups in total. The highest BCUT2D eigenvalue weighted by Gasteiger charge is 2.26. The molecule has 0 aromatic heterocycles. The van der Waals surface area contributed by atoms with E-state index in [0.717, 1.165) is 32.7 Å². The Balaban J connectivity index is 1.84. The standard InChI is InChI=1S/C11H21N3O/c1-9-11(15)14(6-5-13-9)8-10-3-2-4-12-7-10/h9-10,12-13H,2-8H2,1H3. The monoisotopic (exact) mass is 211 g/mol. The molecule has 15 heavy (non-hydrogen) atoms. The van der Waals surface area contributed by atoms with Crippen LogP contribution in [0.3, 0.4) is 0 Å². The average molecular weight is 211 g/mol. The number of amides is 1. The van der Waals surface area contributed by atoms with E-state index >= 15 is 0 Å². The van der Waals surface area contributed by atoms with Gasteiger partial charge in [0.15, 0.2) is 0 Å². The number of nitrogens with zero attached hydrogens (tertiary/aromatic N) is 1. The molecular weight excluding hydrogens is 190 g/mol. The highest BCUT2D eigenvalue weighted by molar-refractivity contribution is 5.82. The number of nitrogens with one attached hydrogen (secondary N) is 2. The van der Waals surface area contributed by atoms with Gasteiger partial charge in [-0.25, -0.2) is 0 Å². The van der Waals surface area contributed by atoms with Crippen LogP contribution in [0.2, 0.25) is 0 Å². The van der Waals surface area contributed by atoms with Crippen molar-refractivity contribution in [2.24, 2.45) is 5.92 Å². The summed E-state index contributed by atoms with van der Waals surface area (Å²) in [5, 5.41) is 6.59. The first kappa shape index (κ1) is 10.9. The minimum absolute atomic E-state index is 0.00954. The van der Waals surface area contributed by atoms with Gasteiger partial charge in [0.2, 0.25) is 5.91 Å². The van der Waals surface area contributed by atoms with Crippen LogP contribution in [0.1, 0.15) is 19.8 Å². The van der Waals surface area contributed by atoms with Gasteiger partial charge in [0.05, 0.1) is 6.04 Å². The van der Waals surface area contributed by atoms with E-state index < -0.39 is 0 Å². The second-order valence-corrected chi connectivity index (χ2v) is 4.67. The molecule has 86 valence electrons. The predicted octanol–water partition coefficient (Wildman–Crippen LogP) is -0.194. The number of carbonyl (C=O) groups excluding carboxylic acids is 1. The molecule has 0 aromatic carbocycles.